The van der Waals surface area contributed by atoms with Gasteiger partial charge in [-0.15, -0.1) is 0 Å². The van der Waals surface area contributed by atoms with Crippen molar-refractivity contribution in [1.29, 1.82) is 0 Å². The Kier molecular flexibility index (Phi) is 4.82. The molecule has 0 radical (unpaired) electrons. The molecule has 1 atom stereocenters. The maximum atomic E-state index is 12.9. The van der Waals surface area contributed by atoms with Crippen LogP contribution in [0.4, 0.5) is 5.69 Å². The lowest BCUT2D eigenvalue weighted by Gasteiger charge is -2.37. The van der Waals surface area contributed by atoms with E-state index in [1.807, 2.05) is 0 Å². The minimum Gasteiger partial charge on any atom is -0.312 e. The smallest absolute Gasteiger partial charge is 0.230 e. The lowest BCUT2D eigenvalue weighted by atomic mass is 9.83. The molecule has 1 unspecified atom stereocenters. The molecule has 0 aromatic heterocycles. The van der Waals surface area contributed by atoms with E-state index < -0.39 is 0 Å². The minimum absolute atomic E-state index is 0.265. The maximum absolute atomic E-state index is 12.9. The molecule has 1 aromatic carbocycles. The number of hydrogen-bond acceptors (Lipinski definition) is 2. The van der Waals surface area contributed by atoms with Crippen molar-refractivity contribution in [3.05, 3.63) is 29.8 Å². The van der Waals surface area contributed by atoms with E-state index in [0.29, 0.717) is 11.8 Å². The number of carbonyl (C=O) groups is 1. The van der Waals surface area contributed by atoms with Crippen LogP contribution in [0.1, 0.15) is 37.7 Å². The van der Waals surface area contributed by atoms with Gasteiger partial charge in [0.15, 0.2) is 0 Å². The first-order valence-electron chi connectivity index (χ1n) is 8.70. The highest BCUT2D eigenvalue weighted by Crippen LogP contribution is 2.32. The second kappa shape index (κ2) is 6.82. The highest BCUT2D eigenvalue weighted by Gasteiger charge is 2.32. The van der Waals surface area contributed by atoms with Gasteiger partial charge in [0.25, 0.3) is 0 Å². The number of nitrogens with zero attached hydrogens (tertiary/aromatic N) is 2. The average molecular weight is 300 g/mol. The molecule has 3 rings (SSSR count). The third-order valence-electron chi connectivity index (χ3n) is 5.29. The van der Waals surface area contributed by atoms with Gasteiger partial charge in [-0.25, -0.2) is 0 Å². The summed E-state index contributed by atoms with van der Waals surface area (Å²) in [6.45, 7) is 5.30. The number of hydrogen-bond donors (Lipinski definition) is 0. The molecule has 0 spiro atoms. The Bertz CT molecular complexity index is 524. The Balaban J connectivity index is 1.79. The zero-order valence-electron chi connectivity index (χ0n) is 13.9. The summed E-state index contributed by atoms with van der Waals surface area (Å²) in [6, 6.07) is 8.33. The highest BCUT2D eigenvalue weighted by molar-refractivity contribution is 5.96. The predicted molar refractivity (Wildman–Crippen MR) is 91.1 cm³/mol. The van der Waals surface area contributed by atoms with Gasteiger partial charge in [0, 0.05) is 24.7 Å². The van der Waals surface area contributed by atoms with E-state index in [9.17, 15) is 4.79 Å². The third-order valence-corrected chi connectivity index (χ3v) is 5.29. The number of likely N-dealkylation sites (tertiary alicyclic amines) is 1. The SMILES string of the molecule is Cc1ccccc1N(CC1CCCN(C)C1)C(=O)C1CCC1. The van der Waals surface area contributed by atoms with E-state index in [1.165, 1.54) is 31.4 Å². The fraction of sp³-hybridized carbons (Fsp3) is 0.632. The molecule has 2 fully saturated rings. The molecule has 1 aliphatic heterocycles. The maximum Gasteiger partial charge on any atom is 0.230 e. The number of rotatable bonds is 4. The van der Waals surface area contributed by atoms with Gasteiger partial charge in [0.1, 0.15) is 0 Å². The van der Waals surface area contributed by atoms with Crippen LogP contribution in [0.3, 0.4) is 0 Å². The molecule has 120 valence electrons. The number of benzene rings is 1. The van der Waals surface area contributed by atoms with Gasteiger partial charge in [0.2, 0.25) is 5.91 Å². The number of carbonyl (C=O) groups excluding carboxylic acids is 1. The van der Waals surface area contributed by atoms with Gasteiger partial charge in [-0.3, -0.25) is 4.79 Å². The van der Waals surface area contributed by atoms with Crippen LogP contribution < -0.4 is 4.90 Å². The first-order chi connectivity index (χ1) is 10.6. The Hall–Kier alpha value is -1.35. The largest absolute Gasteiger partial charge is 0.312 e. The number of piperidine rings is 1. The molecule has 3 nitrogen and oxygen atoms in total. The van der Waals surface area contributed by atoms with Crippen molar-refractivity contribution < 1.29 is 4.79 Å². The Labute approximate surface area is 134 Å². The lowest BCUT2D eigenvalue weighted by Crippen LogP contribution is -2.45. The predicted octanol–water partition coefficient (Wildman–Crippen LogP) is 3.47. The third kappa shape index (κ3) is 3.35. The first kappa shape index (κ1) is 15.5. The van der Waals surface area contributed by atoms with Gasteiger partial charge >= 0.3 is 0 Å². The molecule has 1 aliphatic carbocycles. The summed E-state index contributed by atoms with van der Waals surface area (Å²) in [6.07, 6.45) is 5.85. The summed E-state index contributed by atoms with van der Waals surface area (Å²) in [5, 5.41) is 0. The molecule has 3 heteroatoms. The standard InChI is InChI=1S/C19H28N2O/c1-15-7-3-4-11-18(15)21(19(22)17-9-5-10-17)14-16-8-6-12-20(2)13-16/h3-4,7,11,16-17H,5-6,8-10,12-14H2,1-2H3. The van der Waals surface area contributed by atoms with Crippen molar-refractivity contribution in [2.75, 3.05) is 31.6 Å². The molecule has 1 amide bonds. The van der Waals surface area contributed by atoms with E-state index in [2.05, 4.69) is 48.0 Å². The van der Waals surface area contributed by atoms with Crippen molar-refractivity contribution in [2.45, 2.75) is 39.0 Å². The van der Waals surface area contributed by atoms with Crippen LogP contribution in [-0.4, -0.2) is 37.5 Å². The molecule has 1 heterocycles. The van der Waals surface area contributed by atoms with E-state index in [-0.39, 0.29) is 5.92 Å². The summed E-state index contributed by atoms with van der Waals surface area (Å²) >= 11 is 0. The molecule has 1 saturated heterocycles. The van der Waals surface area contributed by atoms with Gasteiger partial charge in [-0.05, 0) is 63.7 Å². The van der Waals surface area contributed by atoms with Crippen LogP contribution in [0, 0.1) is 18.8 Å². The van der Waals surface area contributed by atoms with Crippen LogP contribution >= 0.6 is 0 Å². The number of para-hydroxylation sites is 1. The molecule has 1 saturated carbocycles. The van der Waals surface area contributed by atoms with Crippen LogP contribution in [0.15, 0.2) is 24.3 Å². The van der Waals surface area contributed by atoms with Crippen molar-refractivity contribution in [1.82, 2.24) is 4.90 Å². The molecule has 22 heavy (non-hydrogen) atoms. The van der Waals surface area contributed by atoms with Gasteiger partial charge in [0.05, 0.1) is 0 Å². The Morgan fingerprint density at radius 1 is 1.23 bits per heavy atom. The number of aryl methyl sites for hydroxylation is 1. The second-order valence-electron chi connectivity index (χ2n) is 7.13. The summed E-state index contributed by atoms with van der Waals surface area (Å²) in [4.78, 5) is 17.4. The van der Waals surface area contributed by atoms with Crippen LogP contribution in [0.2, 0.25) is 0 Å². The van der Waals surface area contributed by atoms with E-state index in [0.717, 1.165) is 31.6 Å². The summed E-state index contributed by atoms with van der Waals surface area (Å²) in [5.41, 5.74) is 2.33. The van der Waals surface area contributed by atoms with Gasteiger partial charge in [-0.1, -0.05) is 24.6 Å². The van der Waals surface area contributed by atoms with Crippen molar-refractivity contribution in [3.8, 4) is 0 Å². The molecular weight excluding hydrogens is 272 g/mol. The second-order valence-corrected chi connectivity index (χ2v) is 7.13. The summed E-state index contributed by atoms with van der Waals surface area (Å²) < 4.78 is 0. The summed E-state index contributed by atoms with van der Waals surface area (Å²) in [5.74, 6) is 1.22. The van der Waals surface area contributed by atoms with Crippen molar-refractivity contribution >= 4 is 11.6 Å². The first-order valence-corrected chi connectivity index (χ1v) is 8.70. The molecule has 2 aliphatic rings. The molecule has 0 bridgehead atoms. The lowest BCUT2D eigenvalue weighted by molar-refractivity contribution is -0.124. The minimum atomic E-state index is 0.265. The fourth-order valence-corrected chi connectivity index (χ4v) is 3.73. The zero-order valence-corrected chi connectivity index (χ0v) is 13.9. The average Bonchev–Trinajstić information content (AvgIpc) is 2.44. The van der Waals surface area contributed by atoms with Crippen LogP contribution in [-0.2, 0) is 4.79 Å². The van der Waals surface area contributed by atoms with E-state index >= 15 is 0 Å². The van der Waals surface area contributed by atoms with Crippen LogP contribution in [0.25, 0.3) is 0 Å². The highest BCUT2D eigenvalue weighted by atomic mass is 16.2. The molecule has 0 N–H and O–H groups in total. The number of amides is 1. The van der Waals surface area contributed by atoms with E-state index in [1.54, 1.807) is 0 Å². The monoisotopic (exact) mass is 300 g/mol. The van der Waals surface area contributed by atoms with Crippen LogP contribution in [0.5, 0.6) is 0 Å². The van der Waals surface area contributed by atoms with Gasteiger partial charge < -0.3 is 9.80 Å². The topological polar surface area (TPSA) is 23.6 Å². The number of anilines is 1. The Morgan fingerprint density at radius 2 is 2.00 bits per heavy atom. The van der Waals surface area contributed by atoms with Gasteiger partial charge in [-0.2, -0.15) is 0 Å². The molecule has 1 aromatic rings. The normalized spacial score (nSPS) is 23.1. The summed E-state index contributed by atoms with van der Waals surface area (Å²) in [7, 11) is 2.19. The van der Waals surface area contributed by atoms with Crippen molar-refractivity contribution in [2.24, 2.45) is 11.8 Å². The fourth-order valence-electron chi connectivity index (χ4n) is 3.73. The van der Waals surface area contributed by atoms with Crippen molar-refractivity contribution in [3.63, 3.8) is 0 Å². The van der Waals surface area contributed by atoms with E-state index in [4.69, 9.17) is 0 Å². The molecular formula is C19H28N2O. The Morgan fingerprint density at radius 3 is 2.64 bits per heavy atom. The zero-order chi connectivity index (χ0) is 15.5. The quantitative estimate of drug-likeness (QED) is 0.850.